The van der Waals surface area contributed by atoms with Crippen molar-refractivity contribution in [2.45, 2.75) is 24.7 Å². The average Bonchev–Trinajstić information content (AvgIpc) is 3.29. The molecule has 4 rings (SSSR count). The van der Waals surface area contributed by atoms with Crippen molar-refractivity contribution in [2.75, 3.05) is 36.3 Å². The molecule has 10 heteroatoms. The van der Waals surface area contributed by atoms with Gasteiger partial charge in [0, 0.05) is 12.2 Å². The van der Waals surface area contributed by atoms with Crippen molar-refractivity contribution >= 4 is 38.9 Å². The van der Waals surface area contributed by atoms with Crippen LogP contribution in [0.5, 0.6) is 5.75 Å². The maximum absolute atomic E-state index is 12.7. The molecule has 0 saturated carbocycles. The summed E-state index contributed by atoms with van der Waals surface area (Å²) in [6.07, 6.45) is 5.34. The second kappa shape index (κ2) is 10.4. The number of ether oxygens (including phenoxy) is 1. The van der Waals surface area contributed by atoms with Crippen LogP contribution >= 0.6 is 11.6 Å². The number of hydrogen-bond acceptors (Lipinski definition) is 7. The van der Waals surface area contributed by atoms with E-state index in [0.717, 1.165) is 31.1 Å². The number of aryl methyl sites for hydroxylation is 1. The summed E-state index contributed by atoms with van der Waals surface area (Å²) < 4.78 is 33.7. The largest absolute Gasteiger partial charge is 0.492 e. The van der Waals surface area contributed by atoms with Gasteiger partial charge in [0.05, 0.1) is 23.1 Å². The molecule has 0 bridgehead atoms. The van der Waals surface area contributed by atoms with Crippen molar-refractivity contribution in [3.05, 3.63) is 65.4 Å². The van der Waals surface area contributed by atoms with Crippen LogP contribution in [0.25, 0.3) is 0 Å². The summed E-state index contributed by atoms with van der Waals surface area (Å²) in [5.74, 6) is 1.15. The van der Waals surface area contributed by atoms with E-state index in [0.29, 0.717) is 18.1 Å². The first-order chi connectivity index (χ1) is 15.9. The molecule has 33 heavy (non-hydrogen) atoms. The maximum Gasteiger partial charge on any atom is 0.263 e. The molecular formula is C23H26ClN5O3S. The third-order valence-electron chi connectivity index (χ3n) is 5.32. The van der Waals surface area contributed by atoms with Gasteiger partial charge in [-0.2, -0.15) is 0 Å². The van der Waals surface area contributed by atoms with Gasteiger partial charge in [-0.15, -0.1) is 0 Å². The van der Waals surface area contributed by atoms with Crippen LogP contribution in [0.4, 0.5) is 17.3 Å². The highest BCUT2D eigenvalue weighted by Gasteiger charge is 2.20. The van der Waals surface area contributed by atoms with Gasteiger partial charge in [0.15, 0.2) is 0 Å². The molecule has 2 heterocycles. The van der Waals surface area contributed by atoms with Crippen molar-refractivity contribution in [3.8, 4) is 5.75 Å². The number of sulfonamides is 1. The van der Waals surface area contributed by atoms with Gasteiger partial charge in [0.2, 0.25) is 5.95 Å². The Morgan fingerprint density at radius 3 is 2.39 bits per heavy atom. The molecule has 0 spiro atoms. The van der Waals surface area contributed by atoms with Crippen LogP contribution in [0.2, 0.25) is 5.02 Å². The number of rotatable bonds is 9. The number of aromatic nitrogens is 2. The van der Waals surface area contributed by atoms with Gasteiger partial charge in [-0.25, -0.2) is 18.4 Å². The van der Waals surface area contributed by atoms with Gasteiger partial charge in [-0.1, -0.05) is 23.7 Å². The molecule has 2 N–H and O–H groups in total. The Morgan fingerprint density at radius 2 is 1.73 bits per heavy atom. The topological polar surface area (TPSA) is 96.5 Å². The molecule has 1 fully saturated rings. The van der Waals surface area contributed by atoms with Crippen molar-refractivity contribution in [2.24, 2.45) is 0 Å². The highest BCUT2D eigenvalue weighted by molar-refractivity contribution is 7.92. The monoisotopic (exact) mass is 487 g/mol. The van der Waals surface area contributed by atoms with E-state index in [1.165, 1.54) is 31.3 Å². The molecule has 1 aliphatic heterocycles. The summed E-state index contributed by atoms with van der Waals surface area (Å²) in [5, 5.41) is 3.25. The molecule has 0 unspecified atom stereocenters. The second-order valence-electron chi connectivity index (χ2n) is 7.83. The predicted octanol–water partition coefficient (Wildman–Crippen LogP) is 4.46. The Balaban J connectivity index is 1.33. The van der Waals surface area contributed by atoms with E-state index >= 15 is 0 Å². The molecule has 1 aliphatic rings. The molecular weight excluding hydrogens is 462 g/mol. The van der Waals surface area contributed by atoms with Crippen molar-refractivity contribution < 1.29 is 13.2 Å². The SMILES string of the molecule is Cc1cccc(Cl)c1S(=O)(=O)Nc1cnc(Nc2ccc(OCCN3CCCC3)cc2)nc1. The number of nitrogens with zero attached hydrogens (tertiary/aromatic N) is 3. The second-order valence-corrected chi connectivity index (χ2v) is 9.86. The number of hydrogen-bond donors (Lipinski definition) is 2. The molecule has 3 aromatic rings. The molecule has 2 aromatic carbocycles. The molecule has 0 radical (unpaired) electrons. The van der Waals surface area contributed by atoms with Crippen LogP contribution in [0.3, 0.4) is 0 Å². The molecule has 8 nitrogen and oxygen atoms in total. The van der Waals surface area contributed by atoms with E-state index in [-0.39, 0.29) is 15.6 Å². The van der Waals surface area contributed by atoms with Crippen LogP contribution in [-0.4, -0.2) is 49.5 Å². The van der Waals surface area contributed by atoms with Crippen molar-refractivity contribution in [1.29, 1.82) is 0 Å². The lowest BCUT2D eigenvalue weighted by atomic mass is 10.2. The van der Waals surface area contributed by atoms with E-state index in [1.54, 1.807) is 19.1 Å². The summed E-state index contributed by atoms with van der Waals surface area (Å²) in [6, 6.07) is 12.5. The van der Waals surface area contributed by atoms with E-state index in [2.05, 4.69) is 24.9 Å². The first-order valence-corrected chi connectivity index (χ1v) is 12.6. The van der Waals surface area contributed by atoms with Crippen molar-refractivity contribution in [3.63, 3.8) is 0 Å². The predicted molar refractivity (Wildman–Crippen MR) is 130 cm³/mol. The first kappa shape index (κ1) is 23.3. The lowest BCUT2D eigenvalue weighted by molar-refractivity contribution is 0.238. The highest BCUT2D eigenvalue weighted by Crippen LogP contribution is 2.27. The summed E-state index contributed by atoms with van der Waals surface area (Å²) in [5.41, 5.74) is 1.58. The van der Waals surface area contributed by atoms with E-state index in [1.807, 2.05) is 24.3 Å². The highest BCUT2D eigenvalue weighted by atomic mass is 35.5. The van der Waals surface area contributed by atoms with Crippen LogP contribution in [0.1, 0.15) is 18.4 Å². The third-order valence-corrected chi connectivity index (χ3v) is 7.33. The fourth-order valence-electron chi connectivity index (χ4n) is 3.67. The van der Waals surface area contributed by atoms with Crippen LogP contribution in [-0.2, 0) is 10.0 Å². The summed E-state index contributed by atoms with van der Waals surface area (Å²) >= 11 is 6.09. The number of anilines is 3. The Labute approximate surface area is 199 Å². The maximum atomic E-state index is 12.7. The normalized spacial score (nSPS) is 14.2. The fraction of sp³-hybridized carbons (Fsp3) is 0.304. The number of likely N-dealkylation sites (tertiary alicyclic amines) is 1. The lowest BCUT2D eigenvalue weighted by Gasteiger charge is -2.15. The van der Waals surface area contributed by atoms with Gasteiger partial charge < -0.3 is 10.1 Å². The first-order valence-electron chi connectivity index (χ1n) is 10.7. The lowest BCUT2D eigenvalue weighted by Crippen LogP contribution is -2.25. The molecule has 1 aromatic heterocycles. The minimum atomic E-state index is -3.86. The van der Waals surface area contributed by atoms with E-state index in [4.69, 9.17) is 16.3 Å². The molecule has 0 amide bonds. The summed E-state index contributed by atoms with van der Waals surface area (Å²) in [7, 11) is -3.86. The molecule has 1 saturated heterocycles. The Morgan fingerprint density at radius 1 is 1.03 bits per heavy atom. The van der Waals surface area contributed by atoms with E-state index in [9.17, 15) is 8.42 Å². The molecule has 0 atom stereocenters. The Bertz CT molecular complexity index is 1160. The number of benzene rings is 2. The van der Waals surface area contributed by atoms with Gasteiger partial charge in [0.25, 0.3) is 10.0 Å². The zero-order valence-corrected chi connectivity index (χ0v) is 19.9. The zero-order chi connectivity index (χ0) is 23.3. The van der Waals surface area contributed by atoms with Crippen LogP contribution < -0.4 is 14.8 Å². The molecule has 0 aliphatic carbocycles. The third kappa shape index (κ3) is 6.13. The van der Waals surface area contributed by atoms with Gasteiger partial charge in [-0.05, 0) is 68.8 Å². The van der Waals surface area contributed by atoms with Crippen LogP contribution in [0.15, 0.2) is 59.8 Å². The van der Waals surface area contributed by atoms with Crippen molar-refractivity contribution in [1.82, 2.24) is 14.9 Å². The zero-order valence-electron chi connectivity index (χ0n) is 18.3. The van der Waals surface area contributed by atoms with Gasteiger partial charge >= 0.3 is 0 Å². The number of nitrogens with one attached hydrogen (secondary N) is 2. The summed E-state index contributed by atoms with van der Waals surface area (Å²) in [4.78, 5) is 10.8. The quantitative estimate of drug-likeness (QED) is 0.460. The smallest absolute Gasteiger partial charge is 0.263 e. The van der Waals surface area contributed by atoms with E-state index < -0.39 is 10.0 Å². The van der Waals surface area contributed by atoms with Gasteiger partial charge in [-0.3, -0.25) is 9.62 Å². The minimum absolute atomic E-state index is 0.0385. The minimum Gasteiger partial charge on any atom is -0.492 e. The number of halogens is 1. The fourth-order valence-corrected chi connectivity index (χ4v) is 5.53. The van der Waals surface area contributed by atoms with Gasteiger partial charge in [0.1, 0.15) is 17.3 Å². The Hall–Kier alpha value is -2.88. The average molecular weight is 488 g/mol. The standard InChI is InChI=1S/C23H26ClN5O3S/c1-17-5-4-6-21(24)22(17)33(30,31)28-19-15-25-23(26-16-19)27-18-7-9-20(10-8-18)32-14-13-29-11-2-3-12-29/h4-10,15-16,28H,2-3,11-14H2,1H3,(H,25,26,27). The summed E-state index contributed by atoms with van der Waals surface area (Å²) in [6.45, 7) is 5.62. The van der Waals surface area contributed by atoms with Crippen LogP contribution in [0, 0.1) is 6.92 Å². The Kier molecular flexibility index (Phi) is 7.32. The molecule has 174 valence electrons.